The number of carbonyl (C=O) groups is 2. The number of amides is 1. The van der Waals surface area contributed by atoms with Crippen LogP contribution in [0.15, 0.2) is 67.1 Å². The summed E-state index contributed by atoms with van der Waals surface area (Å²) in [6.45, 7) is 2.49. The Morgan fingerprint density at radius 2 is 1.78 bits per heavy atom. The third-order valence-electron chi connectivity index (χ3n) is 6.85. The number of carbonyl (C=O) groups excluding carboxylic acids is 1. The molecule has 4 aromatic rings. The van der Waals surface area contributed by atoms with Gasteiger partial charge in [-0.15, -0.1) is 0 Å². The number of anilines is 1. The first-order valence-corrected chi connectivity index (χ1v) is 13.6. The zero-order valence-corrected chi connectivity index (χ0v) is 24.0. The quantitative estimate of drug-likeness (QED) is 0.298. The number of hydrogen-bond donors (Lipinski definition) is 2. The number of rotatable bonds is 8. The highest BCUT2D eigenvalue weighted by Gasteiger charge is 2.38. The molecule has 0 spiro atoms. The minimum absolute atomic E-state index is 0.0388. The van der Waals surface area contributed by atoms with Gasteiger partial charge >= 0.3 is 12.1 Å². The summed E-state index contributed by atoms with van der Waals surface area (Å²) in [5, 5.41) is 30.1. The second-order valence-corrected chi connectivity index (χ2v) is 9.67. The number of pyridine rings is 2. The number of aliphatic hydroxyl groups is 1. The number of nitriles is 1. The first-order valence-electron chi connectivity index (χ1n) is 13.6. The fraction of sp³-hybridized carbons (Fsp3) is 0.300. The van der Waals surface area contributed by atoms with Gasteiger partial charge in [-0.1, -0.05) is 30.3 Å². The molecular formula is C30H29F3N6O6. The Bertz CT molecular complexity index is 1650. The van der Waals surface area contributed by atoms with Crippen LogP contribution in [0.3, 0.4) is 0 Å². The Balaban J connectivity index is 0.000000591. The van der Waals surface area contributed by atoms with Crippen molar-refractivity contribution in [1.29, 1.82) is 5.26 Å². The lowest BCUT2D eigenvalue weighted by molar-refractivity contribution is -0.192. The molecule has 0 unspecified atom stereocenters. The van der Waals surface area contributed by atoms with E-state index >= 15 is 0 Å². The number of fused-ring (bicyclic) bond motifs is 1. The number of piperazine rings is 1. The number of carboxylic acid groups (broad SMARTS) is 1. The molecule has 0 aliphatic carbocycles. The van der Waals surface area contributed by atoms with Gasteiger partial charge in [-0.2, -0.15) is 23.5 Å². The van der Waals surface area contributed by atoms with Crippen LogP contribution in [0, 0.1) is 11.3 Å². The van der Waals surface area contributed by atoms with Crippen molar-refractivity contribution >= 4 is 23.2 Å². The number of aliphatic carboxylic acids is 1. The summed E-state index contributed by atoms with van der Waals surface area (Å²) in [6.07, 6.45) is -0.730. The van der Waals surface area contributed by atoms with E-state index in [2.05, 4.69) is 16.1 Å². The standard InChI is InChI=1S/C28H28N6O4.C2HF3O2/c1-37-27(20-5-3-2-4-6-20)28(36)33-11-9-32(10-12-33)25-8-7-21(17-30-25)24-15-23(38-14-13-35)19-34-26(24)22(16-29)18-31-34;3-2(4,5)1(6)7/h2-8,15,17-19,27,35H,9-14H2,1H3;(H,6,7)/t27-;/m1./s1. The predicted octanol–water partition coefficient (Wildman–Crippen LogP) is 3.31. The van der Waals surface area contributed by atoms with Crippen molar-refractivity contribution in [3.8, 4) is 22.9 Å². The highest BCUT2D eigenvalue weighted by atomic mass is 19.4. The fourth-order valence-corrected chi connectivity index (χ4v) is 4.70. The summed E-state index contributed by atoms with van der Waals surface area (Å²) in [5.41, 5.74) is 3.53. The Kier molecular flexibility index (Phi) is 10.6. The average molecular weight is 627 g/mol. The Hall–Kier alpha value is -5.20. The average Bonchev–Trinajstić information content (AvgIpc) is 3.47. The van der Waals surface area contributed by atoms with Crippen molar-refractivity contribution in [2.24, 2.45) is 0 Å². The van der Waals surface area contributed by atoms with Gasteiger partial charge in [0.05, 0.1) is 30.1 Å². The molecule has 236 valence electrons. The predicted molar refractivity (Wildman–Crippen MR) is 154 cm³/mol. The van der Waals surface area contributed by atoms with Crippen LogP contribution in [0.2, 0.25) is 0 Å². The van der Waals surface area contributed by atoms with Gasteiger partial charge < -0.3 is 29.5 Å². The number of aromatic nitrogens is 3. The van der Waals surface area contributed by atoms with Crippen molar-refractivity contribution in [2.45, 2.75) is 12.3 Å². The molecule has 2 N–H and O–H groups in total. The second kappa shape index (κ2) is 14.5. The SMILES string of the molecule is CO[C@@H](C(=O)N1CCN(c2ccc(-c3cc(OCCO)cn4ncc(C#N)c34)cn2)CC1)c1ccccc1.O=C(O)C(F)(F)F. The zero-order valence-electron chi connectivity index (χ0n) is 24.0. The Labute approximate surface area is 255 Å². The number of carboxylic acids is 1. The summed E-state index contributed by atoms with van der Waals surface area (Å²) >= 11 is 0. The van der Waals surface area contributed by atoms with Gasteiger partial charge in [0.2, 0.25) is 0 Å². The van der Waals surface area contributed by atoms with Gasteiger partial charge in [-0.3, -0.25) is 4.79 Å². The molecule has 0 radical (unpaired) electrons. The van der Waals surface area contributed by atoms with E-state index in [4.69, 9.17) is 29.5 Å². The highest BCUT2D eigenvalue weighted by Crippen LogP contribution is 2.31. The van der Waals surface area contributed by atoms with Crippen LogP contribution in [0.1, 0.15) is 17.2 Å². The van der Waals surface area contributed by atoms with Crippen LogP contribution in [0.5, 0.6) is 5.75 Å². The molecule has 3 aromatic heterocycles. The van der Waals surface area contributed by atoms with E-state index in [1.807, 2.05) is 53.4 Å². The number of alkyl halides is 3. The number of nitrogens with zero attached hydrogens (tertiary/aromatic N) is 6. The van der Waals surface area contributed by atoms with E-state index in [0.29, 0.717) is 43.0 Å². The molecule has 45 heavy (non-hydrogen) atoms. The monoisotopic (exact) mass is 626 g/mol. The number of methoxy groups -OCH3 is 1. The van der Waals surface area contributed by atoms with Gasteiger partial charge in [-0.25, -0.2) is 14.3 Å². The summed E-state index contributed by atoms with van der Waals surface area (Å²) in [7, 11) is 1.56. The number of aliphatic hydroxyl groups excluding tert-OH is 1. The molecule has 15 heteroatoms. The van der Waals surface area contributed by atoms with Crippen LogP contribution in [-0.2, 0) is 14.3 Å². The van der Waals surface area contributed by atoms with Crippen LogP contribution in [0.25, 0.3) is 16.6 Å². The summed E-state index contributed by atoms with van der Waals surface area (Å²) in [5.74, 6) is -1.45. The normalized spacial score (nSPS) is 13.9. The van der Waals surface area contributed by atoms with Crippen LogP contribution >= 0.6 is 0 Å². The van der Waals surface area contributed by atoms with Gasteiger partial charge in [0.1, 0.15) is 24.2 Å². The minimum Gasteiger partial charge on any atom is -0.490 e. The molecule has 4 heterocycles. The largest absolute Gasteiger partial charge is 0.490 e. The van der Waals surface area contributed by atoms with Gasteiger partial charge in [-0.05, 0) is 23.8 Å². The number of ether oxygens (including phenoxy) is 2. The van der Waals surface area contributed by atoms with Crippen molar-refractivity contribution in [1.82, 2.24) is 19.5 Å². The van der Waals surface area contributed by atoms with Crippen molar-refractivity contribution in [3.05, 3.63) is 78.2 Å². The van der Waals surface area contributed by atoms with Crippen molar-refractivity contribution in [3.63, 3.8) is 0 Å². The molecule has 1 amide bonds. The molecule has 0 saturated carbocycles. The third-order valence-corrected chi connectivity index (χ3v) is 6.85. The van der Waals surface area contributed by atoms with E-state index in [0.717, 1.165) is 22.5 Å². The molecule has 1 aliphatic heterocycles. The molecule has 1 aromatic carbocycles. The highest BCUT2D eigenvalue weighted by molar-refractivity contribution is 5.85. The Morgan fingerprint density at radius 3 is 2.33 bits per heavy atom. The van der Waals surface area contributed by atoms with Crippen LogP contribution < -0.4 is 9.64 Å². The molecule has 1 aliphatic rings. The molecule has 1 fully saturated rings. The van der Waals surface area contributed by atoms with Crippen LogP contribution in [0.4, 0.5) is 19.0 Å². The van der Waals surface area contributed by atoms with Crippen molar-refractivity contribution < 1.29 is 42.4 Å². The number of halogens is 3. The van der Waals surface area contributed by atoms with E-state index in [-0.39, 0.29) is 19.1 Å². The maximum absolute atomic E-state index is 13.1. The fourth-order valence-electron chi connectivity index (χ4n) is 4.70. The molecule has 0 bridgehead atoms. The summed E-state index contributed by atoms with van der Waals surface area (Å²) < 4.78 is 44.5. The van der Waals surface area contributed by atoms with E-state index < -0.39 is 18.2 Å². The maximum Gasteiger partial charge on any atom is 0.490 e. The van der Waals surface area contributed by atoms with Gasteiger partial charge in [0, 0.05) is 50.6 Å². The third kappa shape index (κ3) is 7.85. The smallest absolute Gasteiger partial charge is 0.490 e. The zero-order chi connectivity index (χ0) is 32.6. The lowest BCUT2D eigenvalue weighted by Gasteiger charge is -2.36. The topological polar surface area (TPSA) is 154 Å². The van der Waals surface area contributed by atoms with Gasteiger partial charge in [0.15, 0.2) is 6.10 Å². The summed E-state index contributed by atoms with van der Waals surface area (Å²) in [6, 6.07) is 17.4. The molecule has 5 rings (SSSR count). The molecular weight excluding hydrogens is 597 g/mol. The minimum atomic E-state index is -5.08. The molecule has 12 nitrogen and oxygen atoms in total. The van der Waals surface area contributed by atoms with Crippen LogP contribution in [-0.4, -0.2) is 94.3 Å². The van der Waals surface area contributed by atoms with Gasteiger partial charge in [0.25, 0.3) is 5.91 Å². The first kappa shape index (κ1) is 32.7. The van der Waals surface area contributed by atoms with Crippen molar-refractivity contribution in [2.75, 3.05) is 51.4 Å². The van der Waals surface area contributed by atoms with E-state index in [1.165, 1.54) is 6.20 Å². The number of benzene rings is 1. The number of hydrogen-bond acceptors (Lipinski definition) is 9. The maximum atomic E-state index is 13.1. The molecule has 1 atom stereocenters. The second-order valence-electron chi connectivity index (χ2n) is 9.67. The molecule has 1 saturated heterocycles. The first-order chi connectivity index (χ1) is 21.6. The van der Waals surface area contributed by atoms with E-state index in [9.17, 15) is 23.2 Å². The lowest BCUT2D eigenvalue weighted by atomic mass is 10.1. The van der Waals surface area contributed by atoms with E-state index in [1.54, 1.807) is 24.0 Å². The summed E-state index contributed by atoms with van der Waals surface area (Å²) in [4.78, 5) is 30.7. The lowest BCUT2D eigenvalue weighted by Crippen LogP contribution is -2.50. The Morgan fingerprint density at radius 1 is 1.09 bits per heavy atom.